The van der Waals surface area contributed by atoms with Crippen molar-refractivity contribution in [1.82, 2.24) is 14.8 Å². The standard InChI is InChI=1S/C19H18FN5O/c1-13-3-2-4-18(22-13)21-12-15-11-17-19(26)24(9-10-25(17)23-15)16-7-5-14(20)6-8-16/h2-8,11H,9-10,12H2,1H3,(H,21,22). The number of pyridine rings is 1. The lowest BCUT2D eigenvalue weighted by Gasteiger charge is -2.27. The van der Waals surface area contributed by atoms with Crippen LogP contribution in [0.1, 0.15) is 21.9 Å². The number of anilines is 2. The second-order valence-corrected chi connectivity index (χ2v) is 6.20. The lowest BCUT2D eigenvalue weighted by Crippen LogP contribution is -2.40. The van der Waals surface area contributed by atoms with Crippen molar-refractivity contribution < 1.29 is 9.18 Å². The maximum Gasteiger partial charge on any atom is 0.276 e. The van der Waals surface area contributed by atoms with Gasteiger partial charge in [0, 0.05) is 17.9 Å². The van der Waals surface area contributed by atoms with Gasteiger partial charge in [-0.15, -0.1) is 0 Å². The van der Waals surface area contributed by atoms with Crippen LogP contribution in [0.25, 0.3) is 0 Å². The first kappa shape index (κ1) is 16.3. The molecule has 6 nitrogen and oxygen atoms in total. The monoisotopic (exact) mass is 351 g/mol. The third-order valence-corrected chi connectivity index (χ3v) is 4.31. The Kier molecular flexibility index (Phi) is 4.12. The van der Waals surface area contributed by atoms with Crippen LogP contribution in [0.15, 0.2) is 48.5 Å². The molecule has 4 rings (SSSR count). The summed E-state index contributed by atoms with van der Waals surface area (Å²) >= 11 is 0. The van der Waals surface area contributed by atoms with Gasteiger partial charge in [-0.05, 0) is 49.4 Å². The highest BCUT2D eigenvalue weighted by Crippen LogP contribution is 2.22. The van der Waals surface area contributed by atoms with Crippen LogP contribution in [0, 0.1) is 12.7 Å². The highest BCUT2D eigenvalue weighted by molar-refractivity contribution is 6.05. The van der Waals surface area contributed by atoms with E-state index in [4.69, 9.17) is 0 Å². The lowest BCUT2D eigenvalue weighted by molar-refractivity contribution is 0.0962. The van der Waals surface area contributed by atoms with E-state index in [1.54, 1.807) is 27.8 Å². The highest BCUT2D eigenvalue weighted by atomic mass is 19.1. The van der Waals surface area contributed by atoms with Crippen LogP contribution in [-0.2, 0) is 13.1 Å². The fraction of sp³-hybridized carbons (Fsp3) is 0.211. The van der Waals surface area contributed by atoms with Crippen molar-refractivity contribution in [3.63, 3.8) is 0 Å². The number of benzene rings is 1. The second kappa shape index (κ2) is 6.59. The molecule has 26 heavy (non-hydrogen) atoms. The topological polar surface area (TPSA) is 63.1 Å². The van der Waals surface area contributed by atoms with Gasteiger partial charge >= 0.3 is 0 Å². The summed E-state index contributed by atoms with van der Waals surface area (Å²) in [4.78, 5) is 18.8. The SMILES string of the molecule is Cc1cccc(NCc2cc3n(n2)CCN(c2ccc(F)cc2)C3=O)n1. The molecule has 3 aromatic rings. The summed E-state index contributed by atoms with van der Waals surface area (Å²) in [7, 11) is 0. The summed E-state index contributed by atoms with van der Waals surface area (Å²) in [5.41, 5.74) is 2.93. The third kappa shape index (κ3) is 3.15. The number of nitrogens with zero attached hydrogens (tertiary/aromatic N) is 4. The third-order valence-electron chi connectivity index (χ3n) is 4.31. The zero-order valence-corrected chi connectivity index (χ0v) is 14.3. The van der Waals surface area contributed by atoms with Gasteiger partial charge in [0.1, 0.15) is 17.3 Å². The van der Waals surface area contributed by atoms with Crippen molar-refractivity contribution in [1.29, 1.82) is 0 Å². The van der Waals surface area contributed by atoms with E-state index in [1.807, 2.05) is 25.1 Å². The number of aryl methyl sites for hydroxylation is 1. The van der Waals surface area contributed by atoms with Crippen molar-refractivity contribution in [2.24, 2.45) is 0 Å². The zero-order chi connectivity index (χ0) is 18.1. The smallest absolute Gasteiger partial charge is 0.276 e. The molecule has 0 spiro atoms. The molecule has 7 heteroatoms. The minimum atomic E-state index is -0.318. The number of carbonyl (C=O) groups is 1. The first-order valence-corrected chi connectivity index (χ1v) is 8.42. The van der Waals surface area contributed by atoms with Crippen LogP contribution in [0.4, 0.5) is 15.9 Å². The molecule has 0 saturated carbocycles. The summed E-state index contributed by atoms with van der Waals surface area (Å²) in [5, 5.41) is 7.72. The van der Waals surface area contributed by atoms with Gasteiger partial charge in [-0.1, -0.05) is 6.07 Å². The number of carbonyl (C=O) groups excluding carboxylic acids is 1. The molecule has 0 radical (unpaired) electrons. The van der Waals surface area contributed by atoms with Gasteiger partial charge in [-0.2, -0.15) is 5.10 Å². The number of rotatable bonds is 4. The summed E-state index contributed by atoms with van der Waals surface area (Å²) in [6.07, 6.45) is 0. The van der Waals surface area contributed by atoms with Gasteiger partial charge < -0.3 is 10.2 Å². The van der Waals surface area contributed by atoms with Gasteiger partial charge in [-0.25, -0.2) is 9.37 Å². The predicted octanol–water partition coefficient (Wildman–Crippen LogP) is 3.00. The first-order valence-electron chi connectivity index (χ1n) is 8.42. The molecule has 132 valence electrons. The van der Waals surface area contributed by atoms with E-state index in [0.717, 1.165) is 17.2 Å². The quantitative estimate of drug-likeness (QED) is 0.785. The summed E-state index contributed by atoms with van der Waals surface area (Å²) in [6, 6.07) is 13.5. The van der Waals surface area contributed by atoms with Gasteiger partial charge in [0.05, 0.1) is 18.8 Å². The Balaban J connectivity index is 1.51. The predicted molar refractivity (Wildman–Crippen MR) is 96.6 cm³/mol. The number of fused-ring (bicyclic) bond motifs is 1. The molecule has 1 aliphatic heterocycles. The van der Waals surface area contributed by atoms with Crippen LogP contribution >= 0.6 is 0 Å². The average Bonchev–Trinajstić information content (AvgIpc) is 3.06. The molecule has 0 aliphatic carbocycles. The number of halogens is 1. The van der Waals surface area contributed by atoms with Gasteiger partial charge in [0.25, 0.3) is 5.91 Å². The molecule has 2 aromatic heterocycles. The van der Waals surface area contributed by atoms with Gasteiger partial charge in [0.2, 0.25) is 0 Å². The van der Waals surface area contributed by atoms with E-state index in [-0.39, 0.29) is 11.7 Å². The Labute approximate surface area is 150 Å². The number of nitrogens with one attached hydrogen (secondary N) is 1. The Morgan fingerprint density at radius 3 is 2.73 bits per heavy atom. The lowest BCUT2D eigenvalue weighted by atomic mass is 10.2. The van der Waals surface area contributed by atoms with Crippen LogP contribution in [0.2, 0.25) is 0 Å². The number of aromatic nitrogens is 3. The van der Waals surface area contributed by atoms with Crippen molar-refractivity contribution in [3.8, 4) is 0 Å². The minimum absolute atomic E-state index is 0.129. The molecule has 3 heterocycles. The van der Waals surface area contributed by atoms with Crippen molar-refractivity contribution in [2.45, 2.75) is 20.0 Å². The Morgan fingerprint density at radius 1 is 1.15 bits per heavy atom. The maximum atomic E-state index is 13.1. The van der Waals surface area contributed by atoms with Gasteiger partial charge in [0.15, 0.2) is 0 Å². The van der Waals surface area contributed by atoms with E-state index < -0.39 is 0 Å². The van der Waals surface area contributed by atoms with E-state index in [9.17, 15) is 9.18 Å². The number of hydrogen-bond donors (Lipinski definition) is 1. The van der Waals surface area contributed by atoms with E-state index in [1.165, 1.54) is 12.1 Å². The average molecular weight is 351 g/mol. The van der Waals surface area contributed by atoms with Gasteiger partial charge in [-0.3, -0.25) is 9.48 Å². The molecule has 0 unspecified atom stereocenters. The fourth-order valence-corrected chi connectivity index (χ4v) is 3.02. The van der Waals surface area contributed by atoms with Crippen LogP contribution in [0.5, 0.6) is 0 Å². The molecular weight excluding hydrogens is 333 g/mol. The molecule has 1 aliphatic rings. The molecule has 0 bridgehead atoms. The van der Waals surface area contributed by atoms with Crippen LogP contribution in [0.3, 0.4) is 0 Å². The Bertz CT molecular complexity index is 951. The first-order chi connectivity index (χ1) is 12.6. The molecule has 0 atom stereocenters. The number of amides is 1. The second-order valence-electron chi connectivity index (χ2n) is 6.20. The maximum absolute atomic E-state index is 13.1. The summed E-state index contributed by atoms with van der Waals surface area (Å²) in [5.74, 6) is 0.326. The largest absolute Gasteiger partial charge is 0.364 e. The zero-order valence-electron chi connectivity index (χ0n) is 14.3. The van der Waals surface area contributed by atoms with Crippen molar-refractivity contribution >= 4 is 17.4 Å². The van der Waals surface area contributed by atoms with E-state index in [0.29, 0.717) is 31.0 Å². The van der Waals surface area contributed by atoms with E-state index in [2.05, 4.69) is 15.4 Å². The molecule has 1 N–H and O–H groups in total. The number of hydrogen-bond acceptors (Lipinski definition) is 4. The summed E-state index contributed by atoms with van der Waals surface area (Å²) in [6.45, 7) is 3.52. The Morgan fingerprint density at radius 2 is 1.96 bits per heavy atom. The van der Waals surface area contributed by atoms with E-state index >= 15 is 0 Å². The molecule has 0 saturated heterocycles. The summed E-state index contributed by atoms with van der Waals surface area (Å²) < 4.78 is 14.8. The Hall–Kier alpha value is -3.22. The molecule has 1 aromatic carbocycles. The molecular formula is C19H18FN5O. The van der Waals surface area contributed by atoms with Crippen molar-refractivity contribution in [3.05, 3.63) is 71.4 Å². The van der Waals surface area contributed by atoms with Crippen molar-refractivity contribution in [2.75, 3.05) is 16.8 Å². The van der Waals surface area contributed by atoms with Crippen LogP contribution < -0.4 is 10.2 Å². The molecule has 1 amide bonds. The fourth-order valence-electron chi connectivity index (χ4n) is 3.02. The normalized spacial score (nSPS) is 13.6. The minimum Gasteiger partial charge on any atom is -0.364 e. The molecule has 0 fully saturated rings. The highest BCUT2D eigenvalue weighted by Gasteiger charge is 2.27. The van der Waals surface area contributed by atoms with Crippen LogP contribution in [-0.4, -0.2) is 27.2 Å².